The predicted octanol–water partition coefficient (Wildman–Crippen LogP) is 3.03. The van der Waals surface area contributed by atoms with E-state index in [4.69, 9.17) is 9.39 Å². The number of carbonyl (C=O) groups excluding carboxylic acids is 1. The van der Waals surface area contributed by atoms with Gasteiger partial charge in [-0.25, -0.2) is 4.79 Å². The molecule has 0 amide bonds. The van der Waals surface area contributed by atoms with Crippen LogP contribution in [0, 0.1) is 0 Å². The Kier molecular flexibility index (Phi) is 5.77. The van der Waals surface area contributed by atoms with E-state index in [-0.39, 0.29) is 12.9 Å². The molecular formula is C13H19BO3. The van der Waals surface area contributed by atoms with Crippen molar-refractivity contribution in [3.05, 3.63) is 30.3 Å². The summed E-state index contributed by atoms with van der Waals surface area (Å²) in [5.74, 6) is 0.209. The molecule has 1 rings (SSSR count). The molecule has 0 saturated carbocycles. The van der Waals surface area contributed by atoms with Gasteiger partial charge in [0.25, 0.3) is 6.92 Å². The van der Waals surface area contributed by atoms with E-state index in [2.05, 4.69) is 0 Å². The number of benzene rings is 1. The van der Waals surface area contributed by atoms with Crippen LogP contribution in [0.5, 0.6) is 5.75 Å². The quantitative estimate of drug-likeness (QED) is 0.431. The zero-order chi connectivity index (χ0) is 12.7. The van der Waals surface area contributed by atoms with E-state index < -0.39 is 6.10 Å². The first-order chi connectivity index (χ1) is 8.17. The number of rotatable bonds is 6. The molecule has 0 N–H and O–H groups in total. The Balaban J connectivity index is 2.47. The Morgan fingerprint density at radius 2 is 1.82 bits per heavy atom. The molecule has 0 saturated heterocycles. The Morgan fingerprint density at radius 3 is 2.35 bits per heavy atom. The number of hydrogen-bond donors (Lipinski definition) is 0. The SMILES string of the molecule is CCB(CC)OC(C)C(=O)Oc1ccccc1. The Labute approximate surface area is 103 Å². The molecule has 0 aromatic heterocycles. The van der Waals surface area contributed by atoms with E-state index in [9.17, 15) is 4.79 Å². The first-order valence-corrected chi connectivity index (χ1v) is 6.09. The van der Waals surface area contributed by atoms with Crippen molar-refractivity contribution in [2.45, 2.75) is 39.5 Å². The van der Waals surface area contributed by atoms with Gasteiger partial charge in [-0.2, -0.15) is 0 Å². The first-order valence-electron chi connectivity index (χ1n) is 6.09. The van der Waals surface area contributed by atoms with E-state index in [0.717, 1.165) is 12.6 Å². The van der Waals surface area contributed by atoms with E-state index in [0.29, 0.717) is 5.75 Å². The Bertz CT molecular complexity index is 336. The van der Waals surface area contributed by atoms with Crippen LogP contribution >= 0.6 is 0 Å². The summed E-state index contributed by atoms with van der Waals surface area (Å²) in [6.45, 7) is 5.93. The third-order valence-corrected chi connectivity index (χ3v) is 2.60. The zero-order valence-corrected chi connectivity index (χ0v) is 10.7. The third-order valence-electron chi connectivity index (χ3n) is 2.60. The fourth-order valence-corrected chi connectivity index (χ4v) is 1.51. The number of ether oxygens (including phenoxy) is 1. The van der Waals surface area contributed by atoms with E-state index >= 15 is 0 Å². The molecule has 1 aromatic rings. The average Bonchev–Trinajstić information content (AvgIpc) is 2.36. The number of carbonyl (C=O) groups is 1. The lowest BCUT2D eigenvalue weighted by Gasteiger charge is -2.16. The maximum Gasteiger partial charge on any atom is 0.338 e. The van der Waals surface area contributed by atoms with Crippen LogP contribution in [0.25, 0.3) is 0 Å². The fourth-order valence-electron chi connectivity index (χ4n) is 1.51. The number of esters is 1. The van der Waals surface area contributed by atoms with Gasteiger partial charge in [0.05, 0.1) is 0 Å². The maximum absolute atomic E-state index is 11.7. The second kappa shape index (κ2) is 7.12. The van der Waals surface area contributed by atoms with Crippen molar-refractivity contribution in [3.63, 3.8) is 0 Å². The lowest BCUT2D eigenvalue weighted by molar-refractivity contribution is -0.141. The average molecular weight is 234 g/mol. The normalized spacial score (nSPS) is 11.9. The minimum Gasteiger partial charge on any atom is -0.425 e. The molecule has 0 radical (unpaired) electrons. The van der Waals surface area contributed by atoms with Gasteiger partial charge in [0.15, 0.2) is 0 Å². The second-order valence-electron chi connectivity index (χ2n) is 3.95. The molecule has 0 bridgehead atoms. The Hall–Kier alpha value is -1.29. The summed E-state index contributed by atoms with van der Waals surface area (Å²) in [6.07, 6.45) is 1.28. The summed E-state index contributed by atoms with van der Waals surface area (Å²) >= 11 is 0. The lowest BCUT2D eigenvalue weighted by Crippen LogP contribution is -2.31. The zero-order valence-electron chi connectivity index (χ0n) is 10.7. The molecule has 4 heteroatoms. The summed E-state index contributed by atoms with van der Waals surface area (Å²) < 4.78 is 10.8. The summed E-state index contributed by atoms with van der Waals surface area (Å²) in [5, 5.41) is 0. The third kappa shape index (κ3) is 4.61. The molecule has 17 heavy (non-hydrogen) atoms. The smallest absolute Gasteiger partial charge is 0.338 e. The highest BCUT2D eigenvalue weighted by molar-refractivity contribution is 6.51. The van der Waals surface area contributed by atoms with Crippen LogP contribution < -0.4 is 4.74 Å². The van der Waals surface area contributed by atoms with Crippen molar-refractivity contribution >= 4 is 12.9 Å². The lowest BCUT2D eigenvalue weighted by atomic mass is 9.62. The van der Waals surface area contributed by atoms with Gasteiger partial charge >= 0.3 is 5.97 Å². The van der Waals surface area contributed by atoms with Crippen molar-refractivity contribution < 1.29 is 14.2 Å². The molecule has 3 nitrogen and oxygen atoms in total. The fraction of sp³-hybridized carbons (Fsp3) is 0.462. The summed E-state index contributed by atoms with van der Waals surface area (Å²) in [4.78, 5) is 11.7. The van der Waals surface area contributed by atoms with Gasteiger partial charge in [0, 0.05) is 0 Å². The topological polar surface area (TPSA) is 35.5 Å². The summed E-state index contributed by atoms with van der Waals surface area (Å²) in [6, 6.07) is 9.04. The van der Waals surface area contributed by atoms with Crippen LogP contribution in [0.4, 0.5) is 0 Å². The molecule has 0 aliphatic rings. The van der Waals surface area contributed by atoms with Crippen LogP contribution in [0.3, 0.4) is 0 Å². The molecule has 0 aliphatic carbocycles. The van der Waals surface area contributed by atoms with Crippen molar-refractivity contribution in [2.24, 2.45) is 0 Å². The van der Waals surface area contributed by atoms with Gasteiger partial charge < -0.3 is 9.39 Å². The van der Waals surface area contributed by atoms with Crippen LogP contribution in [0.2, 0.25) is 12.6 Å². The maximum atomic E-state index is 11.7. The van der Waals surface area contributed by atoms with Crippen LogP contribution in [-0.4, -0.2) is 19.0 Å². The summed E-state index contributed by atoms with van der Waals surface area (Å²) in [7, 11) is 0. The highest BCUT2D eigenvalue weighted by Crippen LogP contribution is 2.11. The highest BCUT2D eigenvalue weighted by atomic mass is 16.6. The van der Waals surface area contributed by atoms with Crippen LogP contribution in [0.1, 0.15) is 20.8 Å². The number of para-hydroxylation sites is 1. The van der Waals surface area contributed by atoms with Gasteiger partial charge in [-0.05, 0) is 19.1 Å². The van der Waals surface area contributed by atoms with Crippen molar-refractivity contribution in [2.75, 3.05) is 0 Å². The van der Waals surface area contributed by atoms with Crippen molar-refractivity contribution in [1.29, 1.82) is 0 Å². The summed E-state index contributed by atoms with van der Waals surface area (Å²) in [5.41, 5.74) is 0. The van der Waals surface area contributed by atoms with Gasteiger partial charge in [-0.3, -0.25) is 0 Å². The molecule has 0 aliphatic heterocycles. The second-order valence-corrected chi connectivity index (χ2v) is 3.95. The molecule has 1 aromatic carbocycles. The molecule has 1 atom stereocenters. The van der Waals surface area contributed by atoms with Crippen molar-refractivity contribution in [1.82, 2.24) is 0 Å². The van der Waals surface area contributed by atoms with E-state index in [1.54, 1.807) is 19.1 Å². The molecule has 0 fully saturated rings. The van der Waals surface area contributed by atoms with E-state index in [1.807, 2.05) is 32.0 Å². The largest absolute Gasteiger partial charge is 0.425 e. The van der Waals surface area contributed by atoms with Crippen LogP contribution in [0.15, 0.2) is 30.3 Å². The van der Waals surface area contributed by atoms with Gasteiger partial charge in [0.1, 0.15) is 11.9 Å². The molecule has 0 spiro atoms. The molecule has 1 unspecified atom stereocenters. The van der Waals surface area contributed by atoms with Crippen LogP contribution in [-0.2, 0) is 9.45 Å². The van der Waals surface area contributed by atoms with Gasteiger partial charge in [0.2, 0.25) is 0 Å². The predicted molar refractivity (Wildman–Crippen MR) is 69.3 cm³/mol. The Morgan fingerprint density at radius 1 is 1.24 bits per heavy atom. The minimum absolute atomic E-state index is 0.119. The standard InChI is InChI=1S/C13H19BO3/c1-4-14(5-2)17-11(3)13(15)16-12-9-7-6-8-10-12/h6-11H,4-5H2,1-3H3. The number of hydrogen-bond acceptors (Lipinski definition) is 3. The van der Waals surface area contributed by atoms with E-state index in [1.165, 1.54) is 0 Å². The van der Waals surface area contributed by atoms with Gasteiger partial charge in [-0.1, -0.05) is 44.7 Å². The highest BCUT2D eigenvalue weighted by Gasteiger charge is 2.21. The minimum atomic E-state index is -0.528. The van der Waals surface area contributed by atoms with Gasteiger partial charge in [-0.15, -0.1) is 0 Å². The van der Waals surface area contributed by atoms with Crippen molar-refractivity contribution in [3.8, 4) is 5.75 Å². The molecule has 92 valence electrons. The molecule has 0 heterocycles. The molecular weight excluding hydrogens is 215 g/mol. The monoisotopic (exact) mass is 234 g/mol. The first kappa shape index (κ1) is 13.8.